The normalized spacial score (nSPS) is 18.6. The Morgan fingerprint density at radius 1 is 1.33 bits per heavy atom. The van der Waals surface area contributed by atoms with E-state index >= 15 is 0 Å². The zero-order chi connectivity index (χ0) is 13.0. The summed E-state index contributed by atoms with van der Waals surface area (Å²) in [5.74, 6) is 0.972. The second-order valence-corrected chi connectivity index (χ2v) is 5.94. The predicted molar refractivity (Wildman–Crippen MR) is 80.0 cm³/mol. The van der Waals surface area contributed by atoms with Crippen molar-refractivity contribution in [3.05, 3.63) is 22.3 Å². The highest BCUT2D eigenvalue weighted by Crippen LogP contribution is 2.17. The van der Waals surface area contributed by atoms with E-state index in [0.29, 0.717) is 6.04 Å². The van der Waals surface area contributed by atoms with Crippen LogP contribution >= 0.6 is 15.9 Å². The van der Waals surface area contributed by atoms with Gasteiger partial charge in [-0.3, -0.25) is 4.90 Å². The van der Waals surface area contributed by atoms with Crippen molar-refractivity contribution >= 4 is 21.7 Å². The van der Waals surface area contributed by atoms with Gasteiger partial charge in [-0.05, 0) is 67.8 Å². The monoisotopic (exact) mass is 311 g/mol. The van der Waals surface area contributed by atoms with Crippen LogP contribution in [0.1, 0.15) is 31.9 Å². The number of aryl methyl sites for hydroxylation is 1. The van der Waals surface area contributed by atoms with E-state index in [1.807, 2.05) is 13.0 Å². The molecule has 2 rings (SSSR count). The summed E-state index contributed by atoms with van der Waals surface area (Å²) in [7, 11) is 0. The topological polar surface area (TPSA) is 28.2 Å². The number of anilines is 1. The standard InChI is InChI=1S/C14H22BrN3/c1-11(18-8-4-3-5-9-18)10-16-14-7-6-13(15)12(2)17-14/h6-7,11H,3-5,8-10H2,1-2H3,(H,16,17). The number of pyridine rings is 1. The number of aromatic nitrogens is 1. The van der Waals surface area contributed by atoms with Gasteiger partial charge in [0.1, 0.15) is 5.82 Å². The van der Waals surface area contributed by atoms with Gasteiger partial charge in [-0.2, -0.15) is 0 Å². The molecule has 1 aromatic heterocycles. The van der Waals surface area contributed by atoms with Crippen LogP contribution in [0.25, 0.3) is 0 Å². The van der Waals surface area contributed by atoms with E-state index in [9.17, 15) is 0 Å². The number of halogens is 1. The third kappa shape index (κ3) is 3.69. The molecule has 3 nitrogen and oxygen atoms in total. The van der Waals surface area contributed by atoms with Crippen LogP contribution in [0.2, 0.25) is 0 Å². The van der Waals surface area contributed by atoms with Crippen molar-refractivity contribution in [3.8, 4) is 0 Å². The van der Waals surface area contributed by atoms with Crippen molar-refractivity contribution in [2.24, 2.45) is 0 Å². The van der Waals surface area contributed by atoms with E-state index in [1.54, 1.807) is 0 Å². The van der Waals surface area contributed by atoms with Crippen molar-refractivity contribution in [2.75, 3.05) is 25.0 Å². The smallest absolute Gasteiger partial charge is 0.126 e. The van der Waals surface area contributed by atoms with Gasteiger partial charge in [-0.1, -0.05) is 6.42 Å². The average molecular weight is 312 g/mol. The number of piperidine rings is 1. The van der Waals surface area contributed by atoms with Crippen LogP contribution in [0, 0.1) is 6.92 Å². The van der Waals surface area contributed by atoms with Crippen LogP contribution in [0.4, 0.5) is 5.82 Å². The molecule has 100 valence electrons. The number of likely N-dealkylation sites (tertiary alicyclic amines) is 1. The molecule has 1 unspecified atom stereocenters. The van der Waals surface area contributed by atoms with E-state index in [4.69, 9.17) is 0 Å². The Balaban J connectivity index is 1.84. The minimum Gasteiger partial charge on any atom is -0.369 e. The number of nitrogens with zero attached hydrogens (tertiary/aromatic N) is 2. The van der Waals surface area contributed by atoms with Gasteiger partial charge in [-0.25, -0.2) is 4.98 Å². The molecule has 0 aromatic carbocycles. The molecule has 0 aliphatic carbocycles. The fourth-order valence-electron chi connectivity index (χ4n) is 2.38. The van der Waals surface area contributed by atoms with Gasteiger partial charge < -0.3 is 5.32 Å². The summed E-state index contributed by atoms with van der Waals surface area (Å²) in [5, 5.41) is 3.44. The highest BCUT2D eigenvalue weighted by molar-refractivity contribution is 9.10. The Bertz CT molecular complexity index is 389. The first-order chi connectivity index (χ1) is 8.66. The van der Waals surface area contributed by atoms with Gasteiger partial charge in [-0.15, -0.1) is 0 Å². The first-order valence-electron chi connectivity index (χ1n) is 6.78. The molecule has 1 aromatic rings. The zero-order valence-electron chi connectivity index (χ0n) is 11.2. The first-order valence-corrected chi connectivity index (χ1v) is 7.57. The number of hydrogen-bond acceptors (Lipinski definition) is 3. The SMILES string of the molecule is Cc1nc(NCC(C)N2CCCCC2)ccc1Br. The van der Waals surface area contributed by atoms with E-state index in [-0.39, 0.29) is 0 Å². The quantitative estimate of drug-likeness (QED) is 0.923. The van der Waals surface area contributed by atoms with Crippen LogP contribution in [0.5, 0.6) is 0 Å². The van der Waals surface area contributed by atoms with Crippen molar-refractivity contribution < 1.29 is 0 Å². The summed E-state index contributed by atoms with van der Waals surface area (Å²) >= 11 is 3.47. The Labute approximate surface area is 118 Å². The molecule has 1 N–H and O–H groups in total. The second kappa shape index (κ2) is 6.53. The lowest BCUT2D eigenvalue weighted by atomic mass is 10.1. The van der Waals surface area contributed by atoms with Crippen LogP contribution in [-0.2, 0) is 0 Å². The number of nitrogens with one attached hydrogen (secondary N) is 1. The highest BCUT2D eigenvalue weighted by Gasteiger charge is 2.16. The van der Waals surface area contributed by atoms with Crippen LogP contribution < -0.4 is 5.32 Å². The summed E-state index contributed by atoms with van der Waals surface area (Å²) < 4.78 is 1.07. The van der Waals surface area contributed by atoms with Gasteiger partial charge >= 0.3 is 0 Å². The minimum absolute atomic E-state index is 0.580. The Morgan fingerprint density at radius 2 is 2.06 bits per heavy atom. The number of hydrogen-bond donors (Lipinski definition) is 1. The molecule has 0 bridgehead atoms. The maximum Gasteiger partial charge on any atom is 0.126 e. The molecule has 1 atom stereocenters. The molecular formula is C14H22BrN3. The molecule has 0 saturated carbocycles. The van der Waals surface area contributed by atoms with Crippen molar-refractivity contribution in [2.45, 2.75) is 39.2 Å². The lowest BCUT2D eigenvalue weighted by molar-refractivity contribution is 0.180. The van der Waals surface area contributed by atoms with E-state index in [0.717, 1.165) is 22.5 Å². The third-order valence-electron chi connectivity index (χ3n) is 3.61. The Kier molecular flexibility index (Phi) is 5.01. The van der Waals surface area contributed by atoms with Crippen LogP contribution in [0.15, 0.2) is 16.6 Å². The number of rotatable bonds is 4. The molecule has 1 aliphatic rings. The summed E-state index contributed by atoms with van der Waals surface area (Å²) in [6.45, 7) is 7.77. The van der Waals surface area contributed by atoms with Crippen molar-refractivity contribution in [1.82, 2.24) is 9.88 Å². The van der Waals surface area contributed by atoms with Gasteiger partial charge in [0.05, 0.1) is 5.69 Å². The van der Waals surface area contributed by atoms with E-state index < -0.39 is 0 Å². The molecule has 0 spiro atoms. The van der Waals surface area contributed by atoms with Gasteiger partial charge in [0.25, 0.3) is 0 Å². The summed E-state index contributed by atoms with van der Waals surface area (Å²) in [5.41, 5.74) is 1.03. The van der Waals surface area contributed by atoms with Gasteiger partial charge in [0.2, 0.25) is 0 Å². The predicted octanol–water partition coefficient (Wildman–Crippen LogP) is 3.44. The van der Waals surface area contributed by atoms with Gasteiger partial charge in [0.15, 0.2) is 0 Å². The average Bonchev–Trinajstić information content (AvgIpc) is 2.41. The van der Waals surface area contributed by atoms with Crippen LogP contribution in [0.3, 0.4) is 0 Å². The lowest BCUT2D eigenvalue weighted by Crippen LogP contribution is -2.41. The fraction of sp³-hybridized carbons (Fsp3) is 0.643. The Hall–Kier alpha value is -0.610. The summed E-state index contributed by atoms with van der Waals surface area (Å²) in [6.07, 6.45) is 4.09. The highest BCUT2D eigenvalue weighted by atomic mass is 79.9. The lowest BCUT2D eigenvalue weighted by Gasteiger charge is -2.32. The molecule has 0 amide bonds. The molecular weight excluding hydrogens is 290 g/mol. The molecule has 1 fully saturated rings. The van der Waals surface area contributed by atoms with E-state index in [2.05, 4.69) is 44.1 Å². The minimum atomic E-state index is 0.580. The van der Waals surface area contributed by atoms with Crippen LogP contribution in [-0.4, -0.2) is 35.6 Å². The maximum atomic E-state index is 4.51. The largest absolute Gasteiger partial charge is 0.369 e. The fourth-order valence-corrected chi connectivity index (χ4v) is 2.60. The van der Waals surface area contributed by atoms with Gasteiger partial charge in [0, 0.05) is 17.1 Å². The molecule has 0 radical (unpaired) electrons. The first kappa shape index (κ1) is 13.8. The molecule has 2 heterocycles. The molecule has 4 heteroatoms. The molecule has 1 saturated heterocycles. The van der Waals surface area contributed by atoms with Crippen molar-refractivity contribution in [3.63, 3.8) is 0 Å². The summed E-state index contributed by atoms with van der Waals surface area (Å²) in [4.78, 5) is 7.08. The molecule has 1 aliphatic heterocycles. The molecule has 18 heavy (non-hydrogen) atoms. The maximum absolute atomic E-state index is 4.51. The Morgan fingerprint density at radius 3 is 2.72 bits per heavy atom. The summed E-state index contributed by atoms with van der Waals surface area (Å²) in [6, 6.07) is 4.66. The second-order valence-electron chi connectivity index (χ2n) is 5.09. The zero-order valence-corrected chi connectivity index (χ0v) is 12.8. The van der Waals surface area contributed by atoms with E-state index in [1.165, 1.54) is 32.4 Å². The van der Waals surface area contributed by atoms with Crippen molar-refractivity contribution in [1.29, 1.82) is 0 Å². The third-order valence-corrected chi connectivity index (χ3v) is 4.45.